The van der Waals surface area contributed by atoms with Gasteiger partial charge in [0.25, 0.3) is 0 Å². The van der Waals surface area contributed by atoms with E-state index in [2.05, 4.69) is 27.7 Å². The van der Waals surface area contributed by atoms with Crippen LogP contribution in [0.25, 0.3) is 0 Å². The monoisotopic (exact) mass is 564 g/mol. The molecule has 0 heterocycles. The van der Waals surface area contributed by atoms with E-state index in [1.54, 1.807) is 0 Å². The van der Waals surface area contributed by atoms with E-state index in [0.29, 0.717) is 25.0 Å². The first-order chi connectivity index (χ1) is 18.0. The molecule has 0 N–H and O–H groups in total. The summed E-state index contributed by atoms with van der Waals surface area (Å²) in [5.74, 6) is 0.873. The van der Waals surface area contributed by atoms with Crippen molar-refractivity contribution in [3.8, 4) is 0 Å². The highest BCUT2D eigenvalue weighted by atomic mass is 35.7. The fraction of sp³-hybridized carbons (Fsp3) is 1.00. The molecule has 0 fully saturated rings. The van der Waals surface area contributed by atoms with Gasteiger partial charge in [0.05, 0.1) is 13.2 Å². The molecule has 0 aliphatic carbocycles. The van der Waals surface area contributed by atoms with Gasteiger partial charge in [-0.3, -0.25) is 9.05 Å². The third kappa shape index (κ3) is 26.4. The van der Waals surface area contributed by atoms with Crippen molar-refractivity contribution < 1.29 is 13.6 Å². The van der Waals surface area contributed by atoms with E-state index in [1.165, 1.54) is 128 Å². The Morgan fingerprint density at radius 2 is 0.703 bits per heavy atom. The third-order valence-electron chi connectivity index (χ3n) is 7.79. The standard InChI is InChI=1S/C32H66ClO3P/c1-5-9-13-17-19-23-27-32(28-24-20-18-14-10-6-2)30-36-37(33,34)35-29-31(25-21-15-11-7-3)26-22-16-12-8-4/h31-32H,5-30H2,1-4H3. The maximum atomic E-state index is 13.0. The summed E-state index contributed by atoms with van der Waals surface area (Å²) in [7, 11) is 0. The molecule has 0 aromatic rings. The number of hydrogen-bond acceptors (Lipinski definition) is 3. The first-order valence-corrected chi connectivity index (χ1v) is 19.0. The summed E-state index contributed by atoms with van der Waals surface area (Å²) in [6.07, 6.45) is 30.3. The fourth-order valence-corrected chi connectivity index (χ4v) is 6.38. The molecule has 0 aliphatic rings. The highest BCUT2D eigenvalue weighted by Gasteiger charge is 2.25. The molecule has 224 valence electrons. The van der Waals surface area contributed by atoms with Crippen molar-refractivity contribution in [2.75, 3.05) is 13.2 Å². The van der Waals surface area contributed by atoms with Gasteiger partial charge in [0, 0.05) is 11.2 Å². The molecule has 0 aromatic carbocycles. The van der Waals surface area contributed by atoms with Gasteiger partial charge in [-0.25, -0.2) is 4.57 Å². The smallest absolute Gasteiger partial charge is 0.297 e. The topological polar surface area (TPSA) is 35.5 Å². The average Bonchev–Trinajstić information content (AvgIpc) is 2.89. The van der Waals surface area contributed by atoms with E-state index in [-0.39, 0.29) is 0 Å². The van der Waals surface area contributed by atoms with Crippen molar-refractivity contribution in [1.29, 1.82) is 0 Å². The van der Waals surface area contributed by atoms with E-state index in [4.69, 9.17) is 20.3 Å². The molecular weight excluding hydrogens is 499 g/mol. The van der Waals surface area contributed by atoms with Crippen molar-refractivity contribution in [1.82, 2.24) is 0 Å². The highest BCUT2D eigenvalue weighted by molar-refractivity contribution is 7.81. The Kier molecular flexibility index (Phi) is 28.3. The molecule has 0 radical (unpaired) electrons. The summed E-state index contributed by atoms with van der Waals surface area (Å²) < 4.78 is 24.6. The minimum absolute atomic E-state index is 0.437. The van der Waals surface area contributed by atoms with Crippen LogP contribution in [0.1, 0.15) is 182 Å². The highest BCUT2D eigenvalue weighted by Crippen LogP contribution is 2.54. The van der Waals surface area contributed by atoms with Crippen LogP contribution in [0.4, 0.5) is 0 Å². The van der Waals surface area contributed by atoms with Crippen LogP contribution in [-0.2, 0) is 13.6 Å². The predicted molar refractivity (Wildman–Crippen MR) is 166 cm³/mol. The van der Waals surface area contributed by atoms with Crippen molar-refractivity contribution in [2.45, 2.75) is 182 Å². The summed E-state index contributed by atoms with van der Waals surface area (Å²) in [5.41, 5.74) is 0. The predicted octanol–water partition coefficient (Wildman–Crippen LogP) is 13.0. The van der Waals surface area contributed by atoms with E-state index in [9.17, 15) is 4.57 Å². The second kappa shape index (κ2) is 28.0. The Labute approximate surface area is 238 Å². The van der Waals surface area contributed by atoms with Gasteiger partial charge in [-0.15, -0.1) is 0 Å². The summed E-state index contributed by atoms with van der Waals surface area (Å²) in [5, 5.41) is 0. The third-order valence-corrected chi connectivity index (χ3v) is 9.29. The van der Waals surface area contributed by atoms with Crippen molar-refractivity contribution >= 4 is 18.2 Å². The molecule has 0 amide bonds. The Morgan fingerprint density at radius 3 is 1.00 bits per heavy atom. The van der Waals surface area contributed by atoms with Crippen LogP contribution in [-0.4, -0.2) is 13.2 Å². The molecule has 0 aromatic heterocycles. The molecule has 0 rings (SSSR count). The first-order valence-electron chi connectivity index (χ1n) is 16.6. The largest absolute Gasteiger partial charge is 0.424 e. The lowest BCUT2D eigenvalue weighted by atomic mass is 9.95. The van der Waals surface area contributed by atoms with Crippen LogP contribution in [0.3, 0.4) is 0 Å². The molecule has 0 bridgehead atoms. The van der Waals surface area contributed by atoms with E-state index >= 15 is 0 Å². The Bertz CT molecular complexity index is 474. The molecule has 0 spiro atoms. The van der Waals surface area contributed by atoms with E-state index in [1.807, 2.05) is 0 Å². The zero-order valence-electron chi connectivity index (χ0n) is 25.6. The molecular formula is C32H66ClO3P. The minimum Gasteiger partial charge on any atom is -0.297 e. The zero-order chi connectivity index (χ0) is 27.5. The zero-order valence-corrected chi connectivity index (χ0v) is 27.2. The fourth-order valence-electron chi connectivity index (χ4n) is 5.19. The van der Waals surface area contributed by atoms with Gasteiger partial charge < -0.3 is 0 Å². The number of unbranched alkanes of at least 4 members (excludes halogenated alkanes) is 16. The van der Waals surface area contributed by atoms with Gasteiger partial charge in [0.15, 0.2) is 0 Å². The minimum atomic E-state index is -3.53. The lowest BCUT2D eigenvalue weighted by molar-refractivity contribution is 0.156. The molecule has 5 heteroatoms. The lowest BCUT2D eigenvalue weighted by Gasteiger charge is -2.22. The summed E-state index contributed by atoms with van der Waals surface area (Å²) in [6.45, 7) is 6.45. The van der Waals surface area contributed by atoms with Crippen LogP contribution < -0.4 is 0 Å². The van der Waals surface area contributed by atoms with Gasteiger partial charge >= 0.3 is 6.95 Å². The first kappa shape index (κ1) is 37.4. The van der Waals surface area contributed by atoms with Crippen LogP contribution in [0, 0.1) is 11.8 Å². The van der Waals surface area contributed by atoms with Gasteiger partial charge in [0.1, 0.15) is 0 Å². The van der Waals surface area contributed by atoms with Crippen molar-refractivity contribution in [2.24, 2.45) is 11.8 Å². The molecule has 1 atom stereocenters. The van der Waals surface area contributed by atoms with Crippen molar-refractivity contribution in [3.05, 3.63) is 0 Å². The van der Waals surface area contributed by atoms with Crippen LogP contribution in [0.2, 0.25) is 0 Å². The van der Waals surface area contributed by atoms with E-state index in [0.717, 1.165) is 25.7 Å². The van der Waals surface area contributed by atoms with Gasteiger partial charge in [0.2, 0.25) is 0 Å². The second-order valence-electron chi connectivity index (χ2n) is 11.6. The molecule has 1 unspecified atom stereocenters. The Balaban J connectivity index is 4.59. The molecule has 0 saturated heterocycles. The SMILES string of the molecule is CCCCCCCCC(CCCCCCCC)COP(=O)(Cl)OCC(CCCCCC)CCCCCC. The van der Waals surface area contributed by atoms with Crippen LogP contribution in [0.5, 0.6) is 0 Å². The maximum Gasteiger partial charge on any atom is 0.424 e. The number of rotatable bonds is 30. The summed E-state index contributed by atoms with van der Waals surface area (Å²) in [4.78, 5) is 0. The van der Waals surface area contributed by atoms with E-state index < -0.39 is 6.95 Å². The van der Waals surface area contributed by atoms with Gasteiger partial charge in [-0.05, 0) is 37.5 Å². The van der Waals surface area contributed by atoms with Crippen LogP contribution in [0.15, 0.2) is 0 Å². The Morgan fingerprint density at radius 1 is 0.459 bits per heavy atom. The van der Waals surface area contributed by atoms with Gasteiger partial charge in [-0.2, -0.15) is 0 Å². The Hall–Kier alpha value is 0.440. The molecule has 0 saturated carbocycles. The molecule has 3 nitrogen and oxygen atoms in total. The summed E-state index contributed by atoms with van der Waals surface area (Å²) in [6, 6.07) is 0. The quantitative estimate of drug-likeness (QED) is 0.0642. The lowest BCUT2D eigenvalue weighted by Crippen LogP contribution is -2.12. The number of halogens is 1. The molecule has 0 aliphatic heterocycles. The maximum absolute atomic E-state index is 13.0. The van der Waals surface area contributed by atoms with Crippen LogP contribution >= 0.6 is 18.2 Å². The average molecular weight is 565 g/mol. The van der Waals surface area contributed by atoms with Gasteiger partial charge in [-0.1, -0.05) is 156 Å². The number of hydrogen-bond donors (Lipinski definition) is 0. The molecule has 37 heavy (non-hydrogen) atoms. The summed E-state index contributed by atoms with van der Waals surface area (Å²) >= 11 is 6.34. The van der Waals surface area contributed by atoms with Crippen molar-refractivity contribution in [3.63, 3.8) is 0 Å². The normalized spacial score (nSPS) is 13.6. The second-order valence-corrected chi connectivity index (χ2v) is 14.2.